The highest BCUT2D eigenvalue weighted by Gasteiger charge is 2.09. The number of halogens is 1. The average Bonchev–Trinajstić information content (AvgIpc) is 2.55. The van der Waals surface area contributed by atoms with Gasteiger partial charge in [0.15, 0.2) is 11.8 Å². The van der Waals surface area contributed by atoms with Crippen molar-refractivity contribution in [3.05, 3.63) is 54.1 Å². The Morgan fingerprint density at radius 2 is 2.00 bits per heavy atom. The molecule has 0 fully saturated rings. The molecule has 1 aromatic carbocycles. The van der Waals surface area contributed by atoms with Gasteiger partial charge in [-0.2, -0.15) is 0 Å². The summed E-state index contributed by atoms with van der Waals surface area (Å²) in [6, 6.07) is 10.7. The highest BCUT2D eigenvalue weighted by atomic mass is 35.5. The molecule has 110 valence electrons. The third kappa shape index (κ3) is 3.12. The Morgan fingerprint density at radius 3 is 2.86 bits per heavy atom. The van der Waals surface area contributed by atoms with Crippen LogP contribution in [0.2, 0.25) is 5.15 Å². The van der Waals surface area contributed by atoms with Crippen molar-refractivity contribution in [1.82, 2.24) is 15.0 Å². The van der Waals surface area contributed by atoms with Crippen LogP contribution < -0.4 is 10.1 Å². The number of para-hydroxylation sites is 1. The molecular weight excluding hydrogens is 304 g/mol. The molecule has 3 rings (SSSR count). The SMILES string of the molecule is O=C(COc1ncnc2ccccc12)Nc1cccnc1Cl. The van der Waals surface area contributed by atoms with Crippen LogP contribution in [0.25, 0.3) is 10.9 Å². The number of nitrogens with zero attached hydrogens (tertiary/aromatic N) is 3. The first-order valence-corrected chi connectivity index (χ1v) is 6.85. The molecule has 0 atom stereocenters. The van der Waals surface area contributed by atoms with Gasteiger partial charge in [-0.25, -0.2) is 15.0 Å². The number of hydrogen-bond donors (Lipinski definition) is 1. The van der Waals surface area contributed by atoms with Gasteiger partial charge < -0.3 is 10.1 Å². The Bertz CT molecular complexity index is 820. The summed E-state index contributed by atoms with van der Waals surface area (Å²) in [5.74, 6) is 0.00984. The van der Waals surface area contributed by atoms with Crippen molar-refractivity contribution in [2.75, 3.05) is 11.9 Å². The van der Waals surface area contributed by atoms with Gasteiger partial charge in [0, 0.05) is 6.20 Å². The molecule has 1 amide bonds. The number of anilines is 1. The molecule has 0 aliphatic rings. The smallest absolute Gasteiger partial charge is 0.262 e. The van der Waals surface area contributed by atoms with E-state index in [2.05, 4.69) is 20.3 Å². The maximum absolute atomic E-state index is 11.9. The van der Waals surface area contributed by atoms with E-state index in [0.717, 1.165) is 10.9 Å². The number of amides is 1. The molecule has 0 bridgehead atoms. The van der Waals surface area contributed by atoms with Gasteiger partial charge in [-0.3, -0.25) is 4.79 Å². The summed E-state index contributed by atoms with van der Waals surface area (Å²) < 4.78 is 5.47. The van der Waals surface area contributed by atoms with E-state index in [0.29, 0.717) is 11.6 Å². The summed E-state index contributed by atoms with van der Waals surface area (Å²) in [7, 11) is 0. The molecule has 0 aliphatic carbocycles. The monoisotopic (exact) mass is 314 g/mol. The molecule has 0 saturated carbocycles. The van der Waals surface area contributed by atoms with Gasteiger partial charge in [0.05, 0.1) is 16.6 Å². The van der Waals surface area contributed by atoms with Crippen LogP contribution >= 0.6 is 11.6 Å². The normalized spacial score (nSPS) is 10.4. The van der Waals surface area contributed by atoms with E-state index in [1.54, 1.807) is 18.3 Å². The second-order valence-electron chi connectivity index (χ2n) is 4.37. The first-order chi connectivity index (χ1) is 10.7. The third-order valence-electron chi connectivity index (χ3n) is 2.88. The lowest BCUT2D eigenvalue weighted by Gasteiger charge is -2.08. The fourth-order valence-electron chi connectivity index (χ4n) is 1.89. The molecular formula is C15H11ClN4O2. The summed E-state index contributed by atoms with van der Waals surface area (Å²) in [5, 5.41) is 3.60. The molecule has 7 heteroatoms. The second-order valence-corrected chi connectivity index (χ2v) is 4.73. The molecule has 0 radical (unpaired) electrons. The number of fused-ring (bicyclic) bond motifs is 1. The molecule has 2 aromatic heterocycles. The third-order valence-corrected chi connectivity index (χ3v) is 3.18. The van der Waals surface area contributed by atoms with Crippen molar-refractivity contribution in [2.24, 2.45) is 0 Å². The highest BCUT2D eigenvalue weighted by molar-refractivity contribution is 6.32. The fourth-order valence-corrected chi connectivity index (χ4v) is 2.06. The van der Waals surface area contributed by atoms with Crippen molar-refractivity contribution in [3.8, 4) is 5.88 Å². The Hall–Kier alpha value is -2.73. The van der Waals surface area contributed by atoms with Crippen molar-refractivity contribution in [1.29, 1.82) is 0 Å². The van der Waals surface area contributed by atoms with Crippen LogP contribution in [0.5, 0.6) is 5.88 Å². The average molecular weight is 315 g/mol. The summed E-state index contributed by atoms with van der Waals surface area (Å²) in [6.07, 6.45) is 2.94. The number of carbonyl (C=O) groups excluding carboxylic acids is 1. The Labute approximate surface area is 131 Å². The van der Waals surface area contributed by atoms with Gasteiger partial charge in [0.2, 0.25) is 5.88 Å². The predicted octanol–water partition coefficient (Wildman–Crippen LogP) is 2.70. The molecule has 1 N–H and O–H groups in total. The van der Waals surface area contributed by atoms with Crippen LogP contribution in [0.4, 0.5) is 5.69 Å². The summed E-state index contributed by atoms with van der Waals surface area (Å²) in [4.78, 5) is 24.0. The minimum Gasteiger partial charge on any atom is -0.467 e. The number of carbonyl (C=O) groups is 1. The number of aromatic nitrogens is 3. The lowest BCUT2D eigenvalue weighted by atomic mass is 10.2. The maximum atomic E-state index is 11.9. The van der Waals surface area contributed by atoms with Gasteiger partial charge in [-0.1, -0.05) is 23.7 Å². The van der Waals surface area contributed by atoms with E-state index in [1.807, 2.05) is 24.3 Å². The maximum Gasteiger partial charge on any atom is 0.262 e. The fraction of sp³-hybridized carbons (Fsp3) is 0.0667. The van der Waals surface area contributed by atoms with Crippen molar-refractivity contribution in [3.63, 3.8) is 0 Å². The van der Waals surface area contributed by atoms with Crippen molar-refractivity contribution >= 4 is 34.1 Å². The van der Waals surface area contributed by atoms with Crippen LogP contribution in [0.3, 0.4) is 0 Å². The second kappa shape index (κ2) is 6.36. The number of benzene rings is 1. The predicted molar refractivity (Wildman–Crippen MR) is 82.9 cm³/mol. The number of ether oxygens (including phenoxy) is 1. The molecule has 6 nitrogen and oxygen atoms in total. The molecule has 0 unspecified atom stereocenters. The van der Waals surface area contributed by atoms with Crippen LogP contribution in [0, 0.1) is 0 Å². The van der Waals surface area contributed by atoms with E-state index >= 15 is 0 Å². The Balaban J connectivity index is 1.69. The van der Waals surface area contributed by atoms with Crippen molar-refractivity contribution < 1.29 is 9.53 Å². The van der Waals surface area contributed by atoms with Crippen LogP contribution in [-0.2, 0) is 4.79 Å². The van der Waals surface area contributed by atoms with Crippen molar-refractivity contribution in [2.45, 2.75) is 0 Å². The Morgan fingerprint density at radius 1 is 1.14 bits per heavy atom. The van der Waals surface area contributed by atoms with Crippen LogP contribution in [0.1, 0.15) is 0 Å². The summed E-state index contributed by atoms with van der Waals surface area (Å²) in [6.45, 7) is -0.188. The van der Waals surface area contributed by atoms with E-state index in [-0.39, 0.29) is 17.7 Å². The van der Waals surface area contributed by atoms with E-state index < -0.39 is 0 Å². The van der Waals surface area contributed by atoms with Gasteiger partial charge in [-0.15, -0.1) is 0 Å². The zero-order valence-electron chi connectivity index (χ0n) is 11.4. The first-order valence-electron chi connectivity index (χ1n) is 6.47. The number of rotatable bonds is 4. The van der Waals surface area contributed by atoms with Crippen LogP contribution in [0.15, 0.2) is 48.9 Å². The largest absolute Gasteiger partial charge is 0.467 e. The van der Waals surface area contributed by atoms with Gasteiger partial charge in [0.1, 0.15) is 6.33 Å². The quantitative estimate of drug-likeness (QED) is 0.749. The summed E-state index contributed by atoms with van der Waals surface area (Å²) in [5.41, 5.74) is 1.19. The molecule has 0 saturated heterocycles. The zero-order valence-corrected chi connectivity index (χ0v) is 12.1. The molecule has 0 aliphatic heterocycles. The van der Waals surface area contributed by atoms with Gasteiger partial charge in [-0.05, 0) is 24.3 Å². The number of hydrogen-bond acceptors (Lipinski definition) is 5. The Kier molecular flexibility index (Phi) is 4.11. The minimum atomic E-state index is -0.349. The molecule has 22 heavy (non-hydrogen) atoms. The molecule has 0 spiro atoms. The number of nitrogens with one attached hydrogen (secondary N) is 1. The number of pyridine rings is 1. The lowest BCUT2D eigenvalue weighted by molar-refractivity contribution is -0.118. The van der Waals surface area contributed by atoms with E-state index in [1.165, 1.54) is 6.33 Å². The standard InChI is InChI=1S/C15H11ClN4O2/c16-14-12(6-3-7-17-14)20-13(21)8-22-15-10-4-1-2-5-11(10)18-9-19-15/h1-7,9H,8H2,(H,20,21). The summed E-state index contributed by atoms with van der Waals surface area (Å²) >= 11 is 5.88. The van der Waals surface area contributed by atoms with E-state index in [9.17, 15) is 4.79 Å². The van der Waals surface area contributed by atoms with Gasteiger partial charge in [0.25, 0.3) is 5.91 Å². The first kappa shape index (κ1) is 14.2. The topological polar surface area (TPSA) is 77.0 Å². The van der Waals surface area contributed by atoms with Gasteiger partial charge >= 0.3 is 0 Å². The molecule has 3 aromatic rings. The lowest BCUT2D eigenvalue weighted by Crippen LogP contribution is -2.20. The molecule has 2 heterocycles. The highest BCUT2D eigenvalue weighted by Crippen LogP contribution is 2.21. The zero-order chi connectivity index (χ0) is 15.4. The minimum absolute atomic E-state index is 0.188. The van der Waals surface area contributed by atoms with Crippen LogP contribution in [-0.4, -0.2) is 27.5 Å². The van der Waals surface area contributed by atoms with E-state index in [4.69, 9.17) is 16.3 Å².